The molecular formula is C12H22N4O5. The van der Waals surface area contributed by atoms with Gasteiger partial charge in [0.1, 0.15) is 6.04 Å². The summed E-state index contributed by atoms with van der Waals surface area (Å²) >= 11 is 0. The molecule has 0 aromatic carbocycles. The van der Waals surface area contributed by atoms with Gasteiger partial charge in [-0.15, -0.1) is 0 Å². The first kappa shape index (κ1) is 18.7. The van der Waals surface area contributed by atoms with Crippen LogP contribution in [0, 0.1) is 0 Å². The van der Waals surface area contributed by atoms with Crippen molar-refractivity contribution < 1.29 is 24.3 Å². The van der Waals surface area contributed by atoms with Crippen molar-refractivity contribution in [1.29, 1.82) is 0 Å². The molecule has 0 saturated carbocycles. The first-order valence-corrected chi connectivity index (χ1v) is 6.61. The molecule has 0 fully saturated rings. The van der Waals surface area contributed by atoms with Crippen LogP contribution in [0.2, 0.25) is 0 Å². The molecule has 0 saturated heterocycles. The number of nitrogens with two attached hydrogens (primary N) is 1. The van der Waals surface area contributed by atoms with Crippen LogP contribution in [0.1, 0.15) is 33.1 Å². The molecule has 1 unspecified atom stereocenters. The van der Waals surface area contributed by atoms with Crippen LogP contribution in [-0.2, 0) is 14.4 Å². The normalized spacial score (nSPS) is 12.9. The van der Waals surface area contributed by atoms with Crippen LogP contribution >= 0.6 is 0 Å². The highest BCUT2D eigenvalue weighted by Crippen LogP contribution is 1.92. The predicted molar refractivity (Wildman–Crippen MR) is 74.3 cm³/mol. The van der Waals surface area contributed by atoms with E-state index in [0.717, 1.165) is 6.42 Å². The summed E-state index contributed by atoms with van der Waals surface area (Å²) in [5.74, 6) is -2.41. The van der Waals surface area contributed by atoms with Crippen LogP contribution in [0.5, 0.6) is 0 Å². The van der Waals surface area contributed by atoms with Gasteiger partial charge in [0.2, 0.25) is 11.8 Å². The molecule has 6 N–H and O–H groups in total. The minimum absolute atomic E-state index is 0.0526. The van der Waals surface area contributed by atoms with Crippen molar-refractivity contribution in [3.63, 3.8) is 0 Å². The van der Waals surface area contributed by atoms with Crippen molar-refractivity contribution in [2.24, 2.45) is 5.73 Å². The molecule has 2 atom stereocenters. The molecule has 0 heterocycles. The SMILES string of the molecule is CCC(C)NC(=O)CCNC(=O)N[C@@H](CC(N)=O)C(=O)O. The second-order valence-corrected chi connectivity index (χ2v) is 4.59. The monoisotopic (exact) mass is 302 g/mol. The third-order valence-corrected chi connectivity index (χ3v) is 2.67. The van der Waals surface area contributed by atoms with Crippen molar-refractivity contribution in [1.82, 2.24) is 16.0 Å². The summed E-state index contributed by atoms with van der Waals surface area (Å²) in [4.78, 5) is 44.3. The van der Waals surface area contributed by atoms with Crippen LogP contribution in [0.25, 0.3) is 0 Å². The van der Waals surface area contributed by atoms with Crippen molar-refractivity contribution >= 4 is 23.8 Å². The van der Waals surface area contributed by atoms with E-state index in [1.54, 1.807) is 0 Å². The first-order chi connectivity index (χ1) is 9.76. The number of nitrogens with one attached hydrogen (secondary N) is 3. The van der Waals surface area contributed by atoms with Crippen LogP contribution in [0.15, 0.2) is 0 Å². The topological polar surface area (TPSA) is 151 Å². The van der Waals surface area contributed by atoms with Gasteiger partial charge in [-0.25, -0.2) is 9.59 Å². The number of urea groups is 1. The zero-order valence-corrected chi connectivity index (χ0v) is 12.1. The maximum Gasteiger partial charge on any atom is 0.326 e. The van der Waals surface area contributed by atoms with Gasteiger partial charge in [0, 0.05) is 19.0 Å². The molecule has 0 aromatic heterocycles. The van der Waals surface area contributed by atoms with E-state index in [9.17, 15) is 19.2 Å². The Bertz CT molecular complexity index is 399. The largest absolute Gasteiger partial charge is 0.480 e. The summed E-state index contributed by atoms with van der Waals surface area (Å²) in [5, 5.41) is 15.9. The second kappa shape index (κ2) is 9.56. The number of carboxylic acids is 1. The molecule has 4 amide bonds. The highest BCUT2D eigenvalue weighted by molar-refractivity contribution is 5.87. The minimum Gasteiger partial charge on any atom is -0.480 e. The Morgan fingerprint density at radius 2 is 1.81 bits per heavy atom. The molecule has 0 radical (unpaired) electrons. The Kier molecular flexibility index (Phi) is 8.51. The van der Waals surface area contributed by atoms with Crippen LogP contribution in [-0.4, -0.2) is 47.5 Å². The third kappa shape index (κ3) is 9.25. The number of carbonyl (C=O) groups is 4. The molecule has 0 aliphatic carbocycles. The van der Waals surface area contributed by atoms with Crippen molar-refractivity contribution in [2.45, 2.75) is 45.2 Å². The molecule has 0 rings (SSSR count). The van der Waals surface area contributed by atoms with Gasteiger partial charge in [-0.3, -0.25) is 9.59 Å². The van der Waals surface area contributed by atoms with E-state index < -0.39 is 30.4 Å². The van der Waals surface area contributed by atoms with Crippen LogP contribution in [0.4, 0.5) is 4.79 Å². The smallest absolute Gasteiger partial charge is 0.326 e. The summed E-state index contributed by atoms with van der Waals surface area (Å²) in [7, 11) is 0. The maximum absolute atomic E-state index is 11.4. The van der Waals surface area contributed by atoms with E-state index in [-0.39, 0.29) is 24.9 Å². The van der Waals surface area contributed by atoms with Crippen molar-refractivity contribution in [3.05, 3.63) is 0 Å². The minimum atomic E-state index is -1.39. The molecule has 9 nitrogen and oxygen atoms in total. The maximum atomic E-state index is 11.4. The average Bonchev–Trinajstić information content (AvgIpc) is 2.36. The van der Waals surface area contributed by atoms with Crippen molar-refractivity contribution in [2.75, 3.05) is 6.54 Å². The summed E-state index contributed by atoms with van der Waals surface area (Å²) in [5.41, 5.74) is 4.88. The number of rotatable bonds is 9. The molecular weight excluding hydrogens is 280 g/mol. The van der Waals surface area contributed by atoms with E-state index >= 15 is 0 Å². The van der Waals surface area contributed by atoms with Gasteiger partial charge in [0.25, 0.3) is 0 Å². The first-order valence-electron chi connectivity index (χ1n) is 6.61. The van der Waals surface area contributed by atoms with Gasteiger partial charge in [-0.05, 0) is 13.3 Å². The Hall–Kier alpha value is -2.32. The summed E-state index contributed by atoms with van der Waals surface area (Å²) in [6, 6.07) is -2.12. The fraction of sp³-hybridized carbons (Fsp3) is 0.667. The number of amides is 4. The zero-order chi connectivity index (χ0) is 16.4. The lowest BCUT2D eigenvalue weighted by Crippen LogP contribution is -2.48. The summed E-state index contributed by atoms with van der Waals surface area (Å²) in [6.07, 6.45) is 0.371. The zero-order valence-electron chi connectivity index (χ0n) is 12.1. The van der Waals surface area contributed by atoms with Gasteiger partial charge in [-0.1, -0.05) is 6.92 Å². The van der Waals surface area contributed by atoms with Crippen LogP contribution < -0.4 is 21.7 Å². The summed E-state index contributed by atoms with van der Waals surface area (Å²) < 4.78 is 0. The lowest BCUT2D eigenvalue weighted by Gasteiger charge is -2.14. The Balaban J connectivity index is 4.05. The molecule has 0 aromatic rings. The van der Waals surface area contributed by atoms with Gasteiger partial charge >= 0.3 is 12.0 Å². The van der Waals surface area contributed by atoms with Gasteiger partial charge in [-0.2, -0.15) is 0 Å². The Morgan fingerprint density at radius 1 is 1.19 bits per heavy atom. The van der Waals surface area contributed by atoms with Gasteiger partial charge in [0.15, 0.2) is 0 Å². The van der Waals surface area contributed by atoms with Crippen LogP contribution in [0.3, 0.4) is 0 Å². The highest BCUT2D eigenvalue weighted by Gasteiger charge is 2.21. The molecule has 21 heavy (non-hydrogen) atoms. The number of hydrogen-bond donors (Lipinski definition) is 5. The Labute approximate surface area is 122 Å². The highest BCUT2D eigenvalue weighted by atomic mass is 16.4. The standard InChI is InChI=1S/C12H22N4O5/c1-3-7(2)15-10(18)4-5-14-12(21)16-8(11(19)20)6-9(13)17/h7-8H,3-6H2,1-2H3,(H2,13,17)(H,15,18)(H,19,20)(H2,14,16,21)/t7?,8-/m0/s1. The quantitative estimate of drug-likeness (QED) is 0.367. The van der Waals surface area contributed by atoms with Gasteiger partial charge in [0.05, 0.1) is 6.42 Å². The molecule has 0 spiro atoms. The molecule has 0 aliphatic heterocycles. The fourth-order valence-electron chi connectivity index (χ4n) is 1.35. The lowest BCUT2D eigenvalue weighted by atomic mass is 10.2. The average molecular weight is 302 g/mol. The molecule has 0 bridgehead atoms. The number of aliphatic carboxylic acids is 1. The van der Waals surface area contributed by atoms with E-state index in [2.05, 4.69) is 16.0 Å². The second-order valence-electron chi connectivity index (χ2n) is 4.59. The van der Waals surface area contributed by atoms with E-state index in [4.69, 9.17) is 10.8 Å². The molecule has 9 heteroatoms. The predicted octanol–water partition coefficient (Wildman–Crippen LogP) is -1.08. The van der Waals surface area contributed by atoms with Crippen molar-refractivity contribution in [3.8, 4) is 0 Å². The molecule has 0 aliphatic rings. The number of carboxylic acid groups (broad SMARTS) is 1. The lowest BCUT2D eigenvalue weighted by molar-refractivity contribution is -0.140. The summed E-state index contributed by atoms with van der Waals surface area (Å²) in [6.45, 7) is 3.84. The van der Waals surface area contributed by atoms with E-state index in [1.807, 2.05) is 13.8 Å². The number of hydrogen-bond acceptors (Lipinski definition) is 4. The van der Waals surface area contributed by atoms with E-state index in [1.165, 1.54) is 0 Å². The molecule has 120 valence electrons. The third-order valence-electron chi connectivity index (χ3n) is 2.67. The Morgan fingerprint density at radius 3 is 2.29 bits per heavy atom. The number of carbonyl (C=O) groups excluding carboxylic acids is 3. The van der Waals surface area contributed by atoms with E-state index in [0.29, 0.717) is 0 Å². The van der Waals surface area contributed by atoms with Gasteiger partial charge < -0.3 is 26.8 Å². The fourth-order valence-corrected chi connectivity index (χ4v) is 1.35. The number of primary amides is 1.